The van der Waals surface area contributed by atoms with Crippen LogP contribution in [-0.2, 0) is 6.42 Å². The molecule has 0 saturated heterocycles. The molecule has 11 heteroatoms. The summed E-state index contributed by atoms with van der Waals surface area (Å²) in [4.78, 5) is 16.5. The van der Waals surface area contributed by atoms with Gasteiger partial charge in [0, 0.05) is 29.5 Å². The molecule has 0 radical (unpaired) electrons. The topological polar surface area (TPSA) is 178 Å². The maximum Gasteiger partial charge on any atom is 0.218 e. The van der Waals surface area contributed by atoms with Gasteiger partial charge < -0.3 is 33.6 Å². The van der Waals surface area contributed by atoms with Crippen LogP contribution in [0.1, 0.15) is 31.7 Å². The van der Waals surface area contributed by atoms with Crippen LogP contribution in [0.25, 0.3) is 0 Å². The van der Waals surface area contributed by atoms with E-state index < -0.39 is 0 Å². The third kappa shape index (κ3) is 10.7. The predicted molar refractivity (Wildman–Crippen MR) is 145 cm³/mol. The normalized spacial score (nSPS) is 13.1. The van der Waals surface area contributed by atoms with Crippen molar-refractivity contribution in [3.8, 4) is 0 Å². The fraction of sp³-hybridized carbons (Fsp3) is 0.304. The molecule has 0 aromatic heterocycles. The first kappa shape index (κ1) is 26.5. The van der Waals surface area contributed by atoms with E-state index in [4.69, 9.17) is 34.5 Å². The van der Waals surface area contributed by atoms with Gasteiger partial charge in [-0.3, -0.25) is 9.98 Å². The fourth-order valence-corrected chi connectivity index (χ4v) is 2.91. The Morgan fingerprint density at radius 1 is 0.735 bits per heavy atom. The molecule has 0 aliphatic heterocycles. The Hall–Kier alpha value is -3.79. The number of aliphatic imine (C=N–C) groups is 4. The van der Waals surface area contributed by atoms with Crippen molar-refractivity contribution in [1.82, 2.24) is 0 Å². The zero-order valence-electron chi connectivity index (χ0n) is 19.3. The van der Waals surface area contributed by atoms with Gasteiger partial charge in [0.15, 0.2) is 0 Å². The van der Waals surface area contributed by atoms with Crippen LogP contribution in [-0.4, -0.2) is 36.9 Å². The molecule has 0 heterocycles. The van der Waals surface area contributed by atoms with Gasteiger partial charge in [0.1, 0.15) is 0 Å². The number of nitrogens with zero attached hydrogens (tertiary/aromatic N) is 4. The van der Waals surface area contributed by atoms with Crippen molar-refractivity contribution in [3.05, 3.63) is 59.1 Å². The minimum atomic E-state index is 0.116. The highest BCUT2D eigenvalue weighted by molar-refractivity contribution is 6.30. The molecule has 0 aliphatic rings. The van der Waals surface area contributed by atoms with Crippen molar-refractivity contribution in [2.45, 2.75) is 32.6 Å². The smallest absolute Gasteiger partial charge is 0.218 e. The summed E-state index contributed by atoms with van der Waals surface area (Å²) in [6, 6.07) is 14.9. The first-order chi connectivity index (χ1) is 16.4. The van der Waals surface area contributed by atoms with Gasteiger partial charge in [-0.1, -0.05) is 37.1 Å². The third-order valence-electron chi connectivity index (χ3n) is 4.50. The Labute approximate surface area is 205 Å². The molecule has 0 fully saturated rings. The van der Waals surface area contributed by atoms with Crippen LogP contribution in [0.5, 0.6) is 0 Å². The van der Waals surface area contributed by atoms with Crippen LogP contribution < -0.4 is 33.6 Å². The van der Waals surface area contributed by atoms with E-state index >= 15 is 0 Å². The molecule has 34 heavy (non-hydrogen) atoms. The van der Waals surface area contributed by atoms with Gasteiger partial charge >= 0.3 is 0 Å². The number of rotatable bonds is 9. The molecule has 2 aromatic rings. The molecule has 10 nitrogen and oxygen atoms in total. The third-order valence-corrected chi connectivity index (χ3v) is 4.75. The Morgan fingerprint density at radius 2 is 1.21 bits per heavy atom. The lowest BCUT2D eigenvalue weighted by Crippen LogP contribution is -2.26. The minimum absolute atomic E-state index is 0.116. The van der Waals surface area contributed by atoms with E-state index in [-0.39, 0.29) is 23.8 Å². The minimum Gasteiger partial charge on any atom is -0.369 e. The van der Waals surface area contributed by atoms with Crippen LogP contribution in [0.4, 0.5) is 11.4 Å². The van der Waals surface area contributed by atoms with Crippen molar-refractivity contribution >= 4 is 46.8 Å². The molecule has 0 spiro atoms. The van der Waals surface area contributed by atoms with Gasteiger partial charge in [0.05, 0.1) is 0 Å². The largest absolute Gasteiger partial charge is 0.369 e. The molecule has 0 bridgehead atoms. The molecule has 182 valence electrons. The maximum atomic E-state index is 5.88. The summed E-state index contributed by atoms with van der Waals surface area (Å²) < 4.78 is 0. The molecule has 2 rings (SSSR count). The van der Waals surface area contributed by atoms with Crippen molar-refractivity contribution in [1.29, 1.82) is 0 Å². The Kier molecular flexibility index (Phi) is 11.2. The van der Waals surface area contributed by atoms with E-state index in [0.717, 1.165) is 42.6 Å². The quantitative estimate of drug-likeness (QED) is 0.181. The Balaban J connectivity index is 1.76. The molecule has 0 unspecified atom stereocenters. The van der Waals surface area contributed by atoms with Gasteiger partial charge in [-0.25, -0.2) is 0 Å². The fourth-order valence-electron chi connectivity index (χ4n) is 2.79. The van der Waals surface area contributed by atoms with Crippen molar-refractivity contribution in [3.63, 3.8) is 0 Å². The summed E-state index contributed by atoms with van der Waals surface area (Å²) in [7, 11) is 0. The number of hydrogen-bond donors (Lipinski definition) is 6. The van der Waals surface area contributed by atoms with E-state index in [9.17, 15) is 0 Å². The SMILES string of the molecule is CCCCN=C(N)/N=C(\N)Nc1ccc(CCCN=C(N)/N=C(\N)Nc2ccc(Cl)cc2)cc1. The van der Waals surface area contributed by atoms with Gasteiger partial charge in [0.2, 0.25) is 23.8 Å². The second-order valence-corrected chi connectivity index (χ2v) is 7.82. The highest BCUT2D eigenvalue weighted by Gasteiger charge is 2.00. The zero-order chi connectivity index (χ0) is 24.8. The van der Waals surface area contributed by atoms with Crippen LogP contribution >= 0.6 is 11.6 Å². The van der Waals surface area contributed by atoms with Crippen LogP contribution in [0.2, 0.25) is 5.02 Å². The van der Waals surface area contributed by atoms with E-state index in [2.05, 4.69) is 37.5 Å². The first-order valence-electron chi connectivity index (χ1n) is 11.0. The average molecular weight is 485 g/mol. The number of aryl methyl sites for hydroxylation is 1. The first-order valence-corrected chi connectivity index (χ1v) is 11.4. The van der Waals surface area contributed by atoms with Gasteiger partial charge in [-0.15, -0.1) is 0 Å². The van der Waals surface area contributed by atoms with Crippen molar-refractivity contribution in [2.75, 3.05) is 23.7 Å². The summed E-state index contributed by atoms with van der Waals surface area (Å²) in [6.45, 7) is 3.26. The number of guanidine groups is 4. The number of nitrogens with two attached hydrogens (primary N) is 4. The van der Waals surface area contributed by atoms with E-state index in [0.29, 0.717) is 18.1 Å². The number of anilines is 2. The average Bonchev–Trinajstić information content (AvgIpc) is 2.79. The summed E-state index contributed by atoms with van der Waals surface area (Å²) in [5, 5.41) is 6.57. The van der Waals surface area contributed by atoms with Gasteiger partial charge in [0.25, 0.3) is 0 Å². The molecule has 0 amide bonds. The van der Waals surface area contributed by atoms with Gasteiger partial charge in [-0.2, -0.15) is 9.98 Å². The monoisotopic (exact) mass is 484 g/mol. The Bertz CT molecular complexity index is 1010. The second kappa shape index (κ2) is 14.4. The standard InChI is InChI=1S/C23H33ClN10/c1-2-3-14-29-20(25)33-22(27)31-18-10-6-16(7-11-18)5-4-15-30-21(26)34-23(28)32-19-12-8-17(24)9-13-19/h6-13H,2-5,14-15H2,1H3,(H5,25,27,29,31,33)(H5,26,28,30,32,34). The van der Waals surface area contributed by atoms with Gasteiger partial charge in [-0.05, 0) is 61.2 Å². The summed E-state index contributed by atoms with van der Waals surface area (Å²) in [5.41, 5.74) is 26.0. The van der Waals surface area contributed by atoms with Crippen LogP contribution in [0.3, 0.4) is 0 Å². The molecule has 0 saturated carbocycles. The van der Waals surface area contributed by atoms with Crippen molar-refractivity contribution in [2.24, 2.45) is 42.9 Å². The predicted octanol–water partition coefficient (Wildman–Crippen LogP) is 2.86. The number of benzene rings is 2. The van der Waals surface area contributed by atoms with E-state index in [1.165, 1.54) is 0 Å². The number of nitrogens with one attached hydrogen (secondary N) is 2. The highest BCUT2D eigenvalue weighted by atomic mass is 35.5. The lowest BCUT2D eigenvalue weighted by molar-refractivity contribution is 0.806. The summed E-state index contributed by atoms with van der Waals surface area (Å²) >= 11 is 5.86. The second-order valence-electron chi connectivity index (χ2n) is 7.38. The van der Waals surface area contributed by atoms with Crippen molar-refractivity contribution < 1.29 is 0 Å². The Morgan fingerprint density at radius 3 is 1.71 bits per heavy atom. The lowest BCUT2D eigenvalue weighted by Gasteiger charge is -2.07. The number of halogens is 1. The zero-order valence-corrected chi connectivity index (χ0v) is 20.1. The highest BCUT2D eigenvalue weighted by Crippen LogP contribution is 2.13. The van der Waals surface area contributed by atoms with E-state index in [1.54, 1.807) is 24.3 Å². The maximum absolute atomic E-state index is 5.88. The molecule has 10 N–H and O–H groups in total. The molecular formula is C23H33ClN10. The molecule has 0 aliphatic carbocycles. The lowest BCUT2D eigenvalue weighted by atomic mass is 10.1. The van der Waals surface area contributed by atoms with Crippen LogP contribution in [0, 0.1) is 0 Å². The summed E-state index contributed by atoms with van der Waals surface area (Å²) in [5.74, 6) is 0.636. The number of hydrogen-bond acceptors (Lipinski definition) is 2. The van der Waals surface area contributed by atoms with E-state index in [1.807, 2.05) is 24.3 Å². The van der Waals surface area contributed by atoms with Crippen LogP contribution in [0.15, 0.2) is 68.5 Å². The molecular weight excluding hydrogens is 452 g/mol. The number of unbranched alkanes of at least 4 members (excludes halogenated alkanes) is 1. The molecule has 0 atom stereocenters. The molecule has 2 aromatic carbocycles. The summed E-state index contributed by atoms with van der Waals surface area (Å²) in [6.07, 6.45) is 3.65.